The number of nitrogens with zero attached hydrogens (tertiary/aromatic N) is 1. The van der Waals surface area contributed by atoms with Crippen LogP contribution in [0.4, 0.5) is 5.69 Å². The van der Waals surface area contributed by atoms with Crippen molar-refractivity contribution in [1.29, 1.82) is 0 Å². The summed E-state index contributed by atoms with van der Waals surface area (Å²) >= 11 is 0. The van der Waals surface area contributed by atoms with Crippen LogP contribution in [0, 0.1) is 6.92 Å². The maximum atomic E-state index is 13.1. The molecule has 1 fully saturated rings. The highest BCUT2D eigenvalue weighted by Crippen LogP contribution is 2.39. The summed E-state index contributed by atoms with van der Waals surface area (Å²) in [7, 11) is 0. The number of rotatable bonds is 7. The average molecular weight is 392 g/mol. The quantitative estimate of drug-likeness (QED) is 0.581. The average Bonchev–Trinajstić information content (AvgIpc) is 2.71. The van der Waals surface area contributed by atoms with E-state index < -0.39 is 17.4 Å². The minimum absolute atomic E-state index is 0.0267. The lowest BCUT2D eigenvalue weighted by molar-refractivity contribution is -0.144. The van der Waals surface area contributed by atoms with Gasteiger partial charge < -0.3 is 10.1 Å². The molecule has 2 aromatic rings. The molecule has 1 N–H and O–H groups in total. The molecule has 2 aromatic carbocycles. The van der Waals surface area contributed by atoms with Crippen LogP contribution in [0.3, 0.4) is 0 Å². The van der Waals surface area contributed by atoms with Gasteiger partial charge in [-0.15, -0.1) is 0 Å². The molecular formula is C23H24N2O4. The highest BCUT2D eigenvalue weighted by atomic mass is 16.5. The number of carbonyl (C=O) groups is 3. The van der Waals surface area contributed by atoms with Crippen molar-refractivity contribution in [3.05, 3.63) is 71.8 Å². The number of β-lactam (4-membered cyclic amide) rings is 1. The summed E-state index contributed by atoms with van der Waals surface area (Å²) in [6.07, 6.45) is 3.57. The summed E-state index contributed by atoms with van der Waals surface area (Å²) in [5.74, 6) is -1.09. The predicted octanol–water partition coefficient (Wildman–Crippen LogP) is 2.86. The number of amides is 2. The second-order valence-electron chi connectivity index (χ2n) is 6.90. The summed E-state index contributed by atoms with van der Waals surface area (Å²) in [5.41, 5.74) is 1.40. The van der Waals surface area contributed by atoms with E-state index in [1.54, 1.807) is 13.0 Å². The largest absolute Gasteiger partial charge is 0.465 e. The van der Waals surface area contributed by atoms with Crippen LogP contribution in [-0.2, 0) is 19.1 Å². The number of anilines is 1. The van der Waals surface area contributed by atoms with Gasteiger partial charge in [0.15, 0.2) is 5.54 Å². The first-order valence-corrected chi connectivity index (χ1v) is 9.54. The first kappa shape index (κ1) is 20.3. The molecule has 0 radical (unpaired) electrons. The van der Waals surface area contributed by atoms with E-state index in [4.69, 9.17) is 4.74 Å². The molecule has 2 amide bonds. The number of carbonyl (C=O) groups excluding carboxylic acids is 3. The van der Waals surface area contributed by atoms with Crippen molar-refractivity contribution in [3.8, 4) is 0 Å². The van der Waals surface area contributed by atoms with E-state index >= 15 is 0 Å². The molecule has 150 valence electrons. The Kier molecular flexibility index (Phi) is 6.12. The van der Waals surface area contributed by atoms with Gasteiger partial charge in [0.05, 0.1) is 13.0 Å². The zero-order valence-electron chi connectivity index (χ0n) is 16.6. The molecule has 0 spiro atoms. The van der Waals surface area contributed by atoms with Crippen molar-refractivity contribution < 1.29 is 19.1 Å². The van der Waals surface area contributed by atoms with Crippen LogP contribution in [-0.4, -0.2) is 36.5 Å². The van der Waals surface area contributed by atoms with E-state index in [-0.39, 0.29) is 25.5 Å². The molecule has 0 aromatic heterocycles. The Hall–Kier alpha value is -3.41. The summed E-state index contributed by atoms with van der Waals surface area (Å²) in [4.78, 5) is 38.8. The van der Waals surface area contributed by atoms with Gasteiger partial charge in [-0.05, 0) is 37.6 Å². The Balaban J connectivity index is 1.91. The second-order valence-corrected chi connectivity index (χ2v) is 6.90. The van der Waals surface area contributed by atoms with E-state index in [2.05, 4.69) is 5.32 Å². The van der Waals surface area contributed by atoms with Crippen molar-refractivity contribution in [3.63, 3.8) is 0 Å². The third kappa shape index (κ3) is 4.37. The van der Waals surface area contributed by atoms with Crippen LogP contribution < -0.4 is 10.2 Å². The van der Waals surface area contributed by atoms with Gasteiger partial charge >= 0.3 is 5.97 Å². The van der Waals surface area contributed by atoms with Crippen molar-refractivity contribution in [2.45, 2.75) is 25.8 Å². The number of hydrogen-bond donors (Lipinski definition) is 1. The van der Waals surface area contributed by atoms with Crippen molar-refractivity contribution in [2.75, 3.05) is 18.1 Å². The van der Waals surface area contributed by atoms with E-state index in [9.17, 15) is 14.4 Å². The topological polar surface area (TPSA) is 75.7 Å². The summed E-state index contributed by atoms with van der Waals surface area (Å²) in [6.45, 7) is 3.65. The summed E-state index contributed by atoms with van der Waals surface area (Å²) in [6, 6.07) is 17.0. The van der Waals surface area contributed by atoms with Crippen LogP contribution in [0.25, 0.3) is 6.08 Å². The Labute approximate surface area is 170 Å². The molecule has 1 saturated heterocycles. The molecule has 6 heteroatoms. The molecule has 6 nitrogen and oxygen atoms in total. The molecule has 0 bridgehead atoms. The maximum Gasteiger partial charge on any atom is 0.325 e. The number of aryl methyl sites for hydroxylation is 1. The SMILES string of the molecule is CCOC(=O)CNC(=O)C1(C=Cc2ccccc2)CC(=O)N1c1ccc(C)cc1. The van der Waals surface area contributed by atoms with Gasteiger partial charge in [0.2, 0.25) is 5.91 Å². The second kappa shape index (κ2) is 8.73. The zero-order chi connectivity index (χ0) is 20.9. The van der Waals surface area contributed by atoms with Gasteiger partial charge in [-0.2, -0.15) is 0 Å². The Morgan fingerprint density at radius 2 is 1.83 bits per heavy atom. The minimum Gasteiger partial charge on any atom is -0.465 e. The summed E-state index contributed by atoms with van der Waals surface area (Å²) in [5, 5.41) is 2.62. The van der Waals surface area contributed by atoms with Gasteiger partial charge in [-0.3, -0.25) is 19.3 Å². The smallest absolute Gasteiger partial charge is 0.325 e. The van der Waals surface area contributed by atoms with Gasteiger partial charge in [0.1, 0.15) is 6.54 Å². The molecule has 1 unspecified atom stereocenters. The van der Waals surface area contributed by atoms with Crippen molar-refractivity contribution in [1.82, 2.24) is 5.32 Å². The molecule has 1 heterocycles. The highest BCUT2D eigenvalue weighted by Gasteiger charge is 2.55. The van der Waals surface area contributed by atoms with E-state index in [0.717, 1.165) is 11.1 Å². The number of nitrogens with one attached hydrogen (secondary N) is 1. The van der Waals surface area contributed by atoms with Crippen LogP contribution in [0.2, 0.25) is 0 Å². The number of benzene rings is 2. The first-order valence-electron chi connectivity index (χ1n) is 9.54. The molecule has 1 aliphatic heterocycles. The van der Waals surface area contributed by atoms with Gasteiger partial charge in [-0.1, -0.05) is 54.1 Å². The van der Waals surface area contributed by atoms with Gasteiger partial charge in [-0.25, -0.2) is 0 Å². The molecular weight excluding hydrogens is 368 g/mol. The van der Waals surface area contributed by atoms with Crippen LogP contribution in [0.1, 0.15) is 24.5 Å². The lowest BCUT2D eigenvalue weighted by Gasteiger charge is -2.48. The minimum atomic E-state index is -1.20. The van der Waals surface area contributed by atoms with Crippen molar-refractivity contribution in [2.24, 2.45) is 0 Å². The third-order valence-electron chi connectivity index (χ3n) is 4.80. The van der Waals surface area contributed by atoms with Gasteiger partial charge in [0.25, 0.3) is 5.91 Å². The van der Waals surface area contributed by atoms with Crippen LogP contribution >= 0.6 is 0 Å². The van der Waals surface area contributed by atoms with Crippen LogP contribution in [0.5, 0.6) is 0 Å². The molecule has 0 saturated carbocycles. The van der Waals surface area contributed by atoms with E-state index in [1.807, 2.05) is 67.6 Å². The Morgan fingerprint density at radius 1 is 1.14 bits per heavy atom. The zero-order valence-corrected chi connectivity index (χ0v) is 16.6. The molecule has 1 atom stereocenters. The molecule has 0 aliphatic carbocycles. The fraction of sp³-hybridized carbons (Fsp3) is 0.261. The predicted molar refractivity (Wildman–Crippen MR) is 111 cm³/mol. The summed E-state index contributed by atoms with van der Waals surface area (Å²) < 4.78 is 4.88. The lowest BCUT2D eigenvalue weighted by atomic mass is 9.81. The highest BCUT2D eigenvalue weighted by molar-refractivity contribution is 6.15. The standard InChI is InChI=1S/C23H24N2O4/c1-3-29-21(27)16-24-22(28)23(14-13-18-7-5-4-6-8-18)15-20(26)25(23)19-11-9-17(2)10-12-19/h4-14H,3,15-16H2,1-2H3,(H,24,28). The van der Waals surface area contributed by atoms with E-state index in [0.29, 0.717) is 5.69 Å². The monoisotopic (exact) mass is 392 g/mol. The Bertz CT molecular complexity index is 922. The van der Waals surface area contributed by atoms with E-state index in [1.165, 1.54) is 4.90 Å². The molecule has 29 heavy (non-hydrogen) atoms. The van der Waals surface area contributed by atoms with Gasteiger partial charge in [0, 0.05) is 5.69 Å². The maximum absolute atomic E-state index is 13.1. The Morgan fingerprint density at radius 3 is 2.45 bits per heavy atom. The third-order valence-corrected chi connectivity index (χ3v) is 4.80. The normalized spacial score (nSPS) is 18.4. The molecule has 3 rings (SSSR count). The van der Waals surface area contributed by atoms with Crippen LogP contribution in [0.15, 0.2) is 60.7 Å². The number of ether oxygens (including phenoxy) is 1. The lowest BCUT2D eigenvalue weighted by Crippen LogP contribution is -2.70. The number of hydrogen-bond acceptors (Lipinski definition) is 4. The number of esters is 1. The van der Waals surface area contributed by atoms with Crippen molar-refractivity contribution >= 4 is 29.5 Å². The first-order chi connectivity index (χ1) is 14.0. The fourth-order valence-electron chi connectivity index (χ4n) is 3.29. The molecule has 1 aliphatic rings. The fourth-order valence-corrected chi connectivity index (χ4v) is 3.29.